The van der Waals surface area contributed by atoms with Gasteiger partial charge in [0.25, 0.3) is 0 Å². The van der Waals surface area contributed by atoms with Crippen LogP contribution in [0.1, 0.15) is 56.0 Å². The first-order chi connectivity index (χ1) is 14.4. The number of anilines is 1. The van der Waals surface area contributed by atoms with Gasteiger partial charge in [-0.3, -0.25) is 4.72 Å². The topological polar surface area (TPSA) is 74.3 Å². The number of nitrogens with zero attached hydrogens (tertiary/aromatic N) is 2. The molecule has 2 unspecified atom stereocenters. The Bertz CT molecular complexity index is 904. The monoisotopic (exact) mass is 454 g/mol. The summed E-state index contributed by atoms with van der Waals surface area (Å²) in [6.07, 6.45) is 13.4. The van der Waals surface area contributed by atoms with E-state index in [1.165, 1.54) is 15.4 Å². The molecule has 2 atom stereocenters. The zero-order valence-corrected chi connectivity index (χ0v) is 19.2. The molecular weight excluding hydrogens is 423 g/mol. The second kappa shape index (κ2) is 10.5. The van der Waals surface area contributed by atoms with E-state index < -0.39 is 10.2 Å². The number of nitrogens with one attached hydrogen (secondary N) is 2. The predicted octanol–water partition coefficient (Wildman–Crippen LogP) is 4.48. The summed E-state index contributed by atoms with van der Waals surface area (Å²) >= 11 is 1.67. The number of thiazole rings is 1. The fraction of sp³-hybridized carbons (Fsp3) is 0.571. The molecule has 166 valence electrons. The minimum absolute atomic E-state index is 0.0427. The Kier molecular flexibility index (Phi) is 8.07. The van der Waals surface area contributed by atoms with Gasteiger partial charge >= 0.3 is 10.2 Å². The van der Waals surface area contributed by atoms with Crippen LogP contribution < -0.4 is 10.0 Å². The number of unbranched alkanes of at least 4 members (excludes halogenated alkanes) is 1. The molecular formula is C21H31FN4O2S2. The van der Waals surface area contributed by atoms with Crippen molar-refractivity contribution in [3.05, 3.63) is 46.9 Å². The Morgan fingerprint density at radius 3 is 2.93 bits per heavy atom. The zero-order chi connectivity index (χ0) is 21.6. The van der Waals surface area contributed by atoms with Crippen LogP contribution in [0.25, 0.3) is 0 Å². The lowest BCUT2D eigenvalue weighted by Crippen LogP contribution is -2.38. The molecule has 1 aromatic rings. The van der Waals surface area contributed by atoms with E-state index in [-0.39, 0.29) is 11.7 Å². The largest absolute Gasteiger partial charge is 0.361 e. The van der Waals surface area contributed by atoms with Crippen molar-refractivity contribution in [1.29, 1.82) is 0 Å². The summed E-state index contributed by atoms with van der Waals surface area (Å²) in [5.74, 6) is 0.210. The fourth-order valence-corrected chi connectivity index (χ4v) is 6.07. The summed E-state index contributed by atoms with van der Waals surface area (Å²) < 4.78 is 41.7. The summed E-state index contributed by atoms with van der Waals surface area (Å²) in [6.45, 7) is 5.27. The smallest absolute Gasteiger partial charge is 0.301 e. The van der Waals surface area contributed by atoms with Gasteiger partial charge in [-0.25, -0.2) is 9.37 Å². The number of aromatic nitrogens is 1. The van der Waals surface area contributed by atoms with Gasteiger partial charge in [0.2, 0.25) is 0 Å². The second-order valence-electron chi connectivity index (χ2n) is 7.50. The van der Waals surface area contributed by atoms with Gasteiger partial charge in [0.05, 0.1) is 5.69 Å². The van der Waals surface area contributed by atoms with Crippen molar-refractivity contribution >= 4 is 26.7 Å². The highest BCUT2D eigenvalue weighted by atomic mass is 32.2. The molecule has 0 saturated heterocycles. The van der Waals surface area contributed by atoms with Crippen molar-refractivity contribution < 1.29 is 12.8 Å². The molecule has 9 heteroatoms. The van der Waals surface area contributed by atoms with Crippen LogP contribution in [0.5, 0.6) is 0 Å². The number of fused-ring (bicyclic) bond motifs is 3. The number of hydrogen-bond donors (Lipinski definition) is 2. The Morgan fingerprint density at radius 1 is 1.37 bits per heavy atom. The molecule has 0 spiro atoms. The van der Waals surface area contributed by atoms with Crippen LogP contribution in [0.15, 0.2) is 36.3 Å². The minimum Gasteiger partial charge on any atom is -0.361 e. The van der Waals surface area contributed by atoms with E-state index in [9.17, 15) is 12.8 Å². The maximum absolute atomic E-state index is 13.8. The maximum atomic E-state index is 13.8. The Hall–Kier alpha value is -1.71. The molecule has 2 aliphatic carbocycles. The normalized spacial score (nSPS) is 21.3. The van der Waals surface area contributed by atoms with Crippen molar-refractivity contribution in [2.24, 2.45) is 5.92 Å². The van der Waals surface area contributed by atoms with Gasteiger partial charge in [-0.15, -0.1) is 11.3 Å². The highest BCUT2D eigenvalue weighted by Crippen LogP contribution is 2.42. The van der Waals surface area contributed by atoms with Gasteiger partial charge in [-0.05, 0) is 50.2 Å². The number of halogens is 1. The van der Waals surface area contributed by atoms with Crippen LogP contribution in [0.3, 0.4) is 0 Å². The SMILES string of the molecule is CCN(CC)S(=O)(=O)N/C=C/CCCNc1nc2c(s1)CCCC1C=CC(F)=CC21. The molecule has 1 aromatic heterocycles. The average Bonchev–Trinajstić information content (AvgIpc) is 3.04. The Morgan fingerprint density at radius 2 is 2.17 bits per heavy atom. The van der Waals surface area contributed by atoms with E-state index in [0.717, 1.165) is 49.5 Å². The standard InChI is InChI=1S/C21H31FN4O2S2/c1-3-26(4-2)30(27,28)24-14-7-5-6-13-23-21-25-20-18-15-17(22)12-11-16(18)9-8-10-19(20)29-21/h7,11-12,14-16,18,24H,3-6,8-10,13H2,1-2H3,(H,23,25)/b14-7+. The lowest BCUT2D eigenvalue weighted by atomic mass is 9.84. The van der Waals surface area contributed by atoms with E-state index >= 15 is 0 Å². The van der Waals surface area contributed by atoms with Crippen LogP contribution in [0, 0.1) is 5.92 Å². The second-order valence-corrected chi connectivity index (χ2v) is 10.3. The van der Waals surface area contributed by atoms with Crippen molar-refractivity contribution in [3.63, 3.8) is 0 Å². The van der Waals surface area contributed by atoms with Crippen LogP contribution in [0.4, 0.5) is 9.52 Å². The summed E-state index contributed by atoms with van der Waals surface area (Å²) in [7, 11) is -3.44. The first-order valence-electron chi connectivity index (χ1n) is 10.7. The summed E-state index contributed by atoms with van der Waals surface area (Å²) in [5, 5.41) is 4.25. The average molecular weight is 455 g/mol. The van der Waals surface area contributed by atoms with E-state index in [2.05, 4.69) is 10.0 Å². The van der Waals surface area contributed by atoms with Crippen LogP contribution in [0.2, 0.25) is 0 Å². The fourth-order valence-electron chi connectivity index (χ4n) is 3.89. The lowest BCUT2D eigenvalue weighted by molar-refractivity contribution is 0.440. The highest BCUT2D eigenvalue weighted by Gasteiger charge is 2.30. The first-order valence-corrected chi connectivity index (χ1v) is 12.9. The van der Waals surface area contributed by atoms with Crippen molar-refractivity contribution in [3.8, 4) is 0 Å². The quantitative estimate of drug-likeness (QED) is 0.511. The van der Waals surface area contributed by atoms with E-state index in [1.807, 2.05) is 26.0 Å². The summed E-state index contributed by atoms with van der Waals surface area (Å²) in [6, 6.07) is 0. The molecule has 0 saturated carbocycles. The lowest BCUT2D eigenvalue weighted by Gasteiger charge is -2.21. The molecule has 0 radical (unpaired) electrons. The summed E-state index contributed by atoms with van der Waals surface area (Å²) in [4.78, 5) is 6.04. The van der Waals surface area contributed by atoms with Gasteiger partial charge in [0.1, 0.15) is 5.83 Å². The number of aryl methyl sites for hydroxylation is 1. The Balaban J connectivity index is 1.47. The van der Waals surface area contributed by atoms with Gasteiger partial charge < -0.3 is 5.32 Å². The molecule has 30 heavy (non-hydrogen) atoms. The molecule has 0 fully saturated rings. The van der Waals surface area contributed by atoms with Gasteiger partial charge in [0.15, 0.2) is 5.13 Å². The van der Waals surface area contributed by atoms with Gasteiger partial charge in [-0.2, -0.15) is 12.7 Å². The third-order valence-electron chi connectivity index (χ3n) is 5.49. The van der Waals surface area contributed by atoms with Crippen LogP contribution in [-0.2, 0) is 16.6 Å². The van der Waals surface area contributed by atoms with E-state index in [1.54, 1.807) is 23.5 Å². The van der Waals surface area contributed by atoms with Crippen molar-refractivity contribution in [2.75, 3.05) is 25.0 Å². The van der Waals surface area contributed by atoms with E-state index in [0.29, 0.717) is 19.0 Å². The highest BCUT2D eigenvalue weighted by molar-refractivity contribution is 7.87. The zero-order valence-electron chi connectivity index (χ0n) is 17.6. The molecule has 0 amide bonds. The predicted molar refractivity (Wildman–Crippen MR) is 121 cm³/mol. The molecule has 2 N–H and O–H groups in total. The molecule has 0 aromatic carbocycles. The maximum Gasteiger partial charge on any atom is 0.301 e. The summed E-state index contributed by atoms with van der Waals surface area (Å²) in [5.41, 5.74) is 1.02. The molecule has 1 heterocycles. The molecule has 3 rings (SSSR count). The molecule has 2 aliphatic rings. The number of rotatable bonds is 10. The van der Waals surface area contributed by atoms with Gasteiger partial charge in [-0.1, -0.05) is 26.0 Å². The number of hydrogen-bond acceptors (Lipinski definition) is 5. The van der Waals surface area contributed by atoms with Crippen LogP contribution >= 0.6 is 11.3 Å². The third-order valence-corrected chi connectivity index (χ3v) is 8.21. The minimum atomic E-state index is -3.44. The first kappa shape index (κ1) is 23.0. The van der Waals surface area contributed by atoms with Gasteiger partial charge in [0, 0.05) is 36.6 Å². The number of allylic oxidation sites excluding steroid dienone is 5. The Labute approximate surface area is 183 Å². The van der Waals surface area contributed by atoms with Crippen LogP contribution in [-0.4, -0.2) is 37.3 Å². The molecule has 0 aliphatic heterocycles. The third kappa shape index (κ3) is 5.70. The van der Waals surface area contributed by atoms with E-state index in [4.69, 9.17) is 4.98 Å². The van der Waals surface area contributed by atoms with Crippen molar-refractivity contribution in [2.45, 2.75) is 51.9 Å². The molecule has 6 nitrogen and oxygen atoms in total. The van der Waals surface area contributed by atoms with Crippen molar-refractivity contribution in [1.82, 2.24) is 14.0 Å². The molecule has 0 bridgehead atoms.